The van der Waals surface area contributed by atoms with Gasteiger partial charge in [0, 0.05) is 38.7 Å². The van der Waals surface area contributed by atoms with Gasteiger partial charge in [-0.15, -0.1) is 35.7 Å². The van der Waals surface area contributed by atoms with Gasteiger partial charge in [0.25, 0.3) is 0 Å². The molecular formula is C15H26IN3OS. The van der Waals surface area contributed by atoms with Crippen LogP contribution in [0.2, 0.25) is 0 Å². The van der Waals surface area contributed by atoms with Crippen molar-refractivity contribution in [3.8, 4) is 0 Å². The number of methoxy groups -OCH3 is 1. The number of hydrogen-bond donors (Lipinski definition) is 2. The molecule has 1 aromatic carbocycles. The van der Waals surface area contributed by atoms with E-state index in [2.05, 4.69) is 39.9 Å². The van der Waals surface area contributed by atoms with Crippen molar-refractivity contribution in [3.63, 3.8) is 0 Å². The molecule has 0 spiro atoms. The summed E-state index contributed by atoms with van der Waals surface area (Å²) in [6, 6.07) is 10.5. The molecule has 4 nitrogen and oxygen atoms in total. The van der Waals surface area contributed by atoms with Gasteiger partial charge in [0.15, 0.2) is 5.96 Å². The van der Waals surface area contributed by atoms with Crippen LogP contribution in [-0.4, -0.2) is 45.6 Å². The third-order valence-corrected chi connectivity index (χ3v) is 3.77. The molecule has 6 heteroatoms. The predicted molar refractivity (Wildman–Crippen MR) is 103 cm³/mol. The molecule has 0 aliphatic heterocycles. The number of ether oxygens (including phenoxy) is 1. The topological polar surface area (TPSA) is 45.7 Å². The normalized spacial score (nSPS) is 10.9. The van der Waals surface area contributed by atoms with Crippen LogP contribution in [0.25, 0.3) is 0 Å². The summed E-state index contributed by atoms with van der Waals surface area (Å²) in [5, 5.41) is 6.58. The van der Waals surface area contributed by atoms with E-state index in [-0.39, 0.29) is 24.0 Å². The average molecular weight is 423 g/mol. The third-order valence-electron chi connectivity index (χ3n) is 2.67. The van der Waals surface area contributed by atoms with Gasteiger partial charge in [0.1, 0.15) is 0 Å². The molecule has 1 rings (SSSR count). The van der Waals surface area contributed by atoms with Gasteiger partial charge in [-0.1, -0.05) is 18.2 Å². The van der Waals surface area contributed by atoms with Crippen LogP contribution in [0.15, 0.2) is 40.2 Å². The molecule has 0 radical (unpaired) electrons. The van der Waals surface area contributed by atoms with E-state index in [0.29, 0.717) is 0 Å². The molecule has 120 valence electrons. The Morgan fingerprint density at radius 2 is 1.81 bits per heavy atom. The number of aliphatic imine (C=N–C) groups is 1. The highest BCUT2D eigenvalue weighted by atomic mass is 127. The standard InChI is InChI=1S/C15H25N3OS.HI/c1-16-15(17-10-6-12-19-2)18-11-7-13-20-14-8-4-3-5-9-14;/h3-5,8-9H,6-7,10-13H2,1-2H3,(H2,16,17,18);1H. The molecule has 0 aromatic heterocycles. The Morgan fingerprint density at radius 1 is 1.14 bits per heavy atom. The van der Waals surface area contributed by atoms with Crippen LogP contribution in [0, 0.1) is 0 Å². The number of halogens is 1. The molecular weight excluding hydrogens is 397 g/mol. The van der Waals surface area contributed by atoms with E-state index in [1.807, 2.05) is 17.8 Å². The van der Waals surface area contributed by atoms with Gasteiger partial charge in [-0.05, 0) is 30.7 Å². The fraction of sp³-hybridized carbons (Fsp3) is 0.533. The van der Waals surface area contributed by atoms with Crippen molar-refractivity contribution in [2.75, 3.05) is 39.6 Å². The molecule has 0 aliphatic rings. The highest BCUT2D eigenvalue weighted by Crippen LogP contribution is 2.17. The highest BCUT2D eigenvalue weighted by Gasteiger charge is 1.97. The van der Waals surface area contributed by atoms with E-state index in [4.69, 9.17) is 4.74 Å². The molecule has 0 fully saturated rings. The first-order chi connectivity index (χ1) is 9.86. The highest BCUT2D eigenvalue weighted by molar-refractivity contribution is 14.0. The van der Waals surface area contributed by atoms with Crippen LogP contribution < -0.4 is 10.6 Å². The maximum Gasteiger partial charge on any atom is 0.190 e. The number of nitrogens with zero attached hydrogens (tertiary/aromatic N) is 1. The molecule has 0 aliphatic carbocycles. The molecule has 0 bridgehead atoms. The van der Waals surface area contributed by atoms with Crippen LogP contribution in [0.1, 0.15) is 12.8 Å². The minimum absolute atomic E-state index is 0. The summed E-state index contributed by atoms with van der Waals surface area (Å²) in [5.41, 5.74) is 0. The Labute approximate surface area is 149 Å². The lowest BCUT2D eigenvalue weighted by Crippen LogP contribution is -2.38. The molecule has 0 heterocycles. The van der Waals surface area contributed by atoms with Crippen LogP contribution >= 0.6 is 35.7 Å². The molecule has 0 amide bonds. The number of nitrogens with one attached hydrogen (secondary N) is 2. The van der Waals surface area contributed by atoms with E-state index in [1.54, 1.807) is 14.2 Å². The predicted octanol–water partition coefficient (Wildman–Crippen LogP) is 2.99. The van der Waals surface area contributed by atoms with Crippen LogP contribution in [0.3, 0.4) is 0 Å². The first kappa shape index (κ1) is 20.5. The quantitative estimate of drug-likeness (QED) is 0.211. The van der Waals surface area contributed by atoms with Gasteiger partial charge in [0.2, 0.25) is 0 Å². The summed E-state index contributed by atoms with van der Waals surface area (Å²) in [5.74, 6) is 1.98. The first-order valence-electron chi connectivity index (χ1n) is 6.98. The Morgan fingerprint density at radius 3 is 2.43 bits per heavy atom. The third kappa shape index (κ3) is 10.8. The van der Waals surface area contributed by atoms with Crippen molar-refractivity contribution < 1.29 is 4.74 Å². The van der Waals surface area contributed by atoms with E-state index < -0.39 is 0 Å². The minimum Gasteiger partial charge on any atom is -0.385 e. The van der Waals surface area contributed by atoms with Crippen molar-refractivity contribution in [2.24, 2.45) is 4.99 Å². The summed E-state index contributed by atoms with van der Waals surface area (Å²) in [4.78, 5) is 5.52. The lowest BCUT2D eigenvalue weighted by atomic mass is 10.4. The molecule has 0 saturated heterocycles. The summed E-state index contributed by atoms with van der Waals surface area (Å²) in [6.07, 6.45) is 2.10. The van der Waals surface area contributed by atoms with Crippen molar-refractivity contribution >= 4 is 41.7 Å². The van der Waals surface area contributed by atoms with Crippen LogP contribution in [-0.2, 0) is 4.74 Å². The number of benzene rings is 1. The average Bonchev–Trinajstić information content (AvgIpc) is 2.50. The zero-order valence-electron chi connectivity index (χ0n) is 12.8. The second kappa shape index (κ2) is 14.5. The van der Waals surface area contributed by atoms with Gasteiger partial charge in [-0.25, -0.2) is 0 Å². The number of hydrogen-bond acceptors (Lipinski definition) is 3. The van der Waals surface area contributed by atoms with Crippen molar-refractivity contribution in [3.05, 3.63) is 30.3 Å². The van der Waals surface area contributed by atoms with Gasteiger partial charge in [-0.3, -0.25) is 4.99 Å². The fourth-order valence-corrected chi connectivity index (χ4v) is 2.50. The molecule has 0 atom stereocenters. The Bertz CT molecular complexity index is 376. The summed E-state index contributed by atoms with van der Waals surface area (Å²) in [6.45, 7) is 2.59. The fourth-order valence-electron chi connectivity index (χ4n) is 1.63. The number of rotatable bonds is 9. The second-order valence-corrected chi connectivity index (χ2v) is 5.46. The largest absolute Gasteiger partial charge is 0.385 e. The van der Waals surface area contributed by atoms with Crippen molar-refractivity contribution in [1.82, 2.24) is 10.6 Å². The van der Waals surface area contributed by atoms with E-state index in [1.165, 1.54) is 4.90 Å². The lowest BCUT2D eigenvalue weighted by Gasteiger charge is -2.11. The molecule has 1 aromatic rings. The Kier molecular flexibility index (Phi) is 14.1. The molecule has 2 N–H and O–H groups in total. The monoisotopic (exact) mass is 423 g/mol. The number of thioether (sulfide) groups is 1. The van der Waals surface area contributed by atoms with E-state index in [9.17, 15) is 0 Å². The molecule has 0 saturated carbocycles. The zero-order valence-corrected chi connectivity index (χ0v) is 15.9. The maximum absolute atomic E-state index is 5.01. The van der Waals surface area contributed by atoms with Crippen LogP contribution in [0.4, 0.5) is 0 Å². The SMILES string of the molecule is CN=C(NCCCOC)NCCCSc1ccccc1.I. The molecule has 0 unspecified atom stereocenters. The molecule has 21 heavy (non-hydrogen) atoms. The first-order valence-corrected chi connectivity index (χ1v) is 7.96. The Balaban J connectivity index is 0.00000400. The smallest absolute Gasteiger partial charge is 0.190 e. The van der Waals surface area contributed by atoms with Crippen molar-refractivity contribution in [2.45, 2.75) is 17.7 Å². The van der Waals surface area contributed by atoms with Gasteiger partial charge >= 0.3 is 0 Å². The van der Waals surface area contributed by atoms with Crippen LogP contribution in [0.5, 0.6) is 0 Å². The number of guanidine groups is 1. The summed E-state index contributed by atoms with van der Waals surface area (Å²) >= 11 is 1.89. The second-order valence-electron chi connectivity index (χ2n) is 4.29. The minimum atomic E-state index is 0. The summed E-state index contributed by atoms with van der Waals surface area (Å²) < 4.78 is 5.01. The van der Waals surface area contributed by atoms with Gasteiger partial charge in [-0.2, -0.15) is 0 Å². The summed E-state index contributed by atoms with van der Waals surface area (Å²) in [7, 11) is 3.52. The van der Waals surface area contributed by atoms with Gasteiger partial charge in [0.05, 0.1) is 0 Å². The van der Waals surface area contributed by atoms with E-state index in [0.717, 1.165) is 44.3 Å². The van der Waals surface area contributed by atoms with Gasteiger partial charge < -0.3 is 15.4 Å². The zero-order chi connectivity index (χ0) is 14.5. The Hall–Kier alpha value is -0.470. The van der Waals surface area contributed by atoms with Crippen molar-refractivity contribution in [1.29, 1.82) is 0 Å². The van der Waals surface area contributed by atoms with E-state index >= 15 is 0 Å². The maximum atomic E-state index is 5.01. The lowest BCUT2D eigenvalue weighted by molar-refractivity contribution is 0.195.